The van der Waals surface area contributed by atoms with E-state index >= 15 is 0 Å². The number of hydrogen-bond acceptors (Lipinski definition) is 4. The molecule has 25 heavy (non-hydrogen) atoms. The van der Waals surface area contributed by atoms with Gasteiger partial charge in [0.05, 0.1) is 25.8 Å². The molecule has 3 rings (SSSR count). The van der Waals surface area contributed by atoms with E-state index in [0.717, 1.165) is 63.4 Å². The lowest BCUT2D eigenvalue weighted by molar-refractivity contribution is 0.137. The highest BCUT2D eigenvalue weighted by molar-refractivity contribution is 6.08. The number of carbonyl (C=O) groups is 1. The third kappa shape index (κ3) is 4.76. The number of nitrogens with one attached hydrogen (secondary N) is 1. The van der Waals surface area contributed by atoms with Crippen LogP contribution in [0, 0.1) is 17.8 Å². The summed E-state index contributed by atoms with van der Waals surface area (Å²) < 4.78 is 7.35. The lowest BCUT2D eigenvalue weighted by Gasteiger charge is -2.07. The monoisotopic (exact) mass is 344 g/mol. The zero-order valence-electron chi connectivity index (χ0n) is 15.2. The van der Waals surface area contributed by atoms with Crippen LogP contribution in [0.25, 0.3) is 0 Å². The van der Waals surface area contributed by atoms with Crippen molar-refractivity contribution >= 4 is 13.9 Å². The smallest absolute Gasteiger partial charge is 0.407 e. The van der Waals surface area contributed by atoms with Crippen LogP contribution in [-0.4, -0.2) is 42.1 Å². The van der Waals surface area contributed by atoms with Crippen LogP contribution in [0.1, 0.15) is 49.9 Å². The molecule has 0 saturated heterocycles. The highest BCUT2D eigenvalue weighted by Gasteiger charge is 2.50. The van der Waals surface area contributed by atoms with Crippen LogP contribution in [0.2, 0.25) is 6.32 Å². The molecular formula is C18H29BN4O2. The van der Waals surface area contributed by atoms with Crippen molar-refractivity contribution < 1.29 is 9.53 Å². The molecule has 1 fully saturated rings. The van der Waals surface area contributed by atoms with E-state index in [1.165, 1.54) is 5.69 Å². The molecule has 1 aromatic rings. The van der Waals surface area contributed by atoms with Gasteiger partial charge in [0.2, 0.25) is 0 Å². The molecule has 0 spiro atoms. The predicted octanol–water partition coefficient (Wildman–Crippen LogP) is 2.43. The van der Waals surface area contributed by atoms with Crippen molar-refractivity contribution in [3.63, 3.8) is 0 Å². The molecule has 6 nitrogen and oxygen atoms in total. The third-order valence-electron chi connectivity index (χ3n) is 5.77. The number of rotatable bonds is 8. The number of alkyl carbamates (subject to hydrolysis) is 1. The van der Waals surface area contributed by atoms with Gasteiger partial charge in [-0.1, -0.05) is 30.8 Å². The maximum absolute atomic E-state index is 11.8. The molecule has 1 amide bonds. The molecule has 1 N–H and O–H groups in total. The Bertz CT molecular complexity index is 577. The first-order valence-electron chi connectivity index (χ1n) is 9.69. The maximum atomic E-state index is 11.8. The van der Waals surface area contributed by atoms with Crippen LogP contribution in [0.4, 0.5) is 4.79 Å². The molecule has 0 bridgehead atoms. The fourth-order valence-corrected chi connectivity index (χ4v) is 4.19. The second kappa shape index (κ2) is 8.72. The van der Waals surface area contributed by atoms with Gasteiger partial charge in [0.25, 0.3) is 0 Å². The molecule has 1 heterocycles. The Hall–Kier alpha value is -1.53. The predicted molar refractivity (Wildman–Crippen MR) is 96.5 cm³/mol. The highest BCUT2D eigenvalue weighted by Crippen LogP contribution is 2.52. The van der Waals surface area contributed by atoms with Gasteiger partial charge in [-0.25, -0.2) is 4.79 Å². The van der Waals surface area contributed by atoms with Crippen molar-refractivity contribution in [1.29, 1.82) is 0 Å². The van der Waals surface area contributed by atoms with Crippen molar-refractivity contribution in [3.05, 3.63) is 11.4 Å². The van der Waals surface area contributed by atoms with Crippen LogP contribution in [0.15, 0.2) is 0 Å². The molecule has 1 aromatic heterocycles. The van der Waals surface area contributed by atoms with Gasteiger partial charge in [0, 0.05) is 13.6 Å². The Morgan fingerprint density at radius 3 is 2.80 bits per heavy atom. The fraction of sp³-hybridized carbons (Fsp3) is 0.833. The summed E-state index contributed by atoms with van der Waals surface area (Å²) in [5.41, 5.74) is 2.43. The Morgan fingerprint density at radius 2 is 2.00 bits per heavy atom. The molecule has 7 heteroatoms. The van der Waals surface area contributed by atoms with E-state index in [4.69, 9.17) is 12.6 Å². The molecular weight excluding hydrogens is 315 g/mol. The SMILES string of the molecule is [B]CCCCCCNC(=O)OCC1C2CCc3nnn(C)c3CCC21. The number of fused-ring (bicyclic) bond motifs is 2. The van der Waals surface area contributed by atoms with E-state index in [9.17, 15) is 4.79 Å². The van der Waals surface area contributed by atoms with Gasteiger partial charge in [-0.05, 0) is 49.9 Å². The van der Waals surface area contributed by atoms with Crippen molar-refractivity contribution in [2.75, 3.05) is 13.2 Å². The summed E-state index contributed by atoms with van der Waals surface area (Å²) in [5, 5.41) is 11.3. The number of ether oxygens (including phenoxy) is 1. The summed E-state index contributed by atoms with van der Waals surface area (Å²) in [7, 11) is 7.43. The molecule has 2 aliphatic rings. The van der Waals surface area contributed by atoms with Crippen LogP contribution >= 0.6 is 0 Å². The van der Waals surface area contributed by atoms with Crippen LogP contribution < -0.4 is 5.32 Å². The Labute approximate surface area is 151 Å². The largest absolute Gasteiger partial charge is 0.449 e. The van der Waals surface area contributed by atoms with Gasteiger partial charge in [0.1, 0.15) is 0 Å². The van der Waals surface area contributed by atoms with Gasteiger partial charge in [-0.3, -0.25) is 4.68 Å². The van der Waals surface area contributed by atoms with Gasteiger partial charge >= 0.3 is 6.09 Å². The third-order valence-corrected chi connectivity index (χ3v) is 5.77. The summed E-state index contributed by atoms with van der Waals surface area (Å²) in [6.45, 7) is 1.24. The van der Waals surface area contributed by atoms with Crippen molar-refractivity contribution in [2.45, 2.75) is 57.7 Å². The highest BCUT2D eigenvalue weighted by atomic mass is 16.5. The first-order valence-corrected chi connectivity index (χ1v) is 9.69. The lowest BCUT2D eigenvalue weighted by Crippen LogP contribution is -2.26. The summed E-state index contributed by atoms with van der Waals surface area (Å²) >= 11 is 0. The number of aromatic nitrogens is 3. The maximum Gasteiger partial charge on any atom is 0.407 e. The van der Waals surface area contributed by atoms with E-state index < -0.39 is 0 Å². The molecule has 2 aliphatic carbocycles. The van der Waals surface area contributed by atoms with Gasteiger partial charge in [0.15, 0.2) is 0 Å². The molecule has 136 valence electrons. The summed E-state index contributed by atoms with van der Waals surface area (Å²) in [5.74, 6) is 1.89. The second-order valence-corrected chi connectivity index (χ2v) is 7.40. The number of unbranched alkanes of at least 4 members (excludes halogenated alkanes) is 3. The first-order chi connectivity index (χ1) is 12.2. The van der Waals surface area contributed by atoms with E-state index in [1.54, 1.807) is 0 Å². The first kappa shape index (κ1) is 18.3. The number of amides is 1. The Kier molecular flexibility index (Phi) is 6.37. The molecule has 1 saturated carbocycles. The normalized spacial score (nSPS) is 24.6. The molecule has 3 atom stereocenters. The number of aryl methyl sites for hydroxylation is 2. The minimum Gasteiger partial charge on any atom is -0.449 e. The average Bonchev–Trinajstić information content (AvgIpc) is 3.13. The number of nitrogens with zero attached hydrogens (tertiary/aromatic N) is 3. The van der Waals surface area contributed by atoms with Crippen molar-refractivity contribution in [2.24, 2.45) is 24.8 Å². The summed E-state index contributed by atoms with van der Waals surface area (Å²) in [4.78, 5) is 11.8. The topological polar surface area (TPSA) is 69.0 Å². The van der Waals surface area contributed by atoms with Crippen molar-refractivity contribution in [3.8, 4) is 0 Å². The fourth-order valence-electron chi connectivity index (χ4n) is 4.19. The standard InChI is InChI=1S/C18H29BN4O2/c1-23-17-9-7-14-13(6-8-16(17)21-22-23)15(14)12-25-18(24)20-11-5-3-2-4-10-19/h13-15H,2-12H2,1H3,(H,20,24). The summed E-state index contributed by atoms with van der Waals surface area (Å²) in [6, 6.07) is 0. The van der Waals surface area contributed by atoms with E-state index in [0.29, 0.717) is 30.9 Å². The molecule has 0 aliphatic heterocycles. The molecule has 0 aromatic carbocycles. The van der Waals surface area contributed by atoms with Crippen molar-refractivity contribution in [1.82, 2.24) is 20.3 Å². The number of hydrogen-bond donors (Lipinski definition) is 1. The minimum absolute atomic E-state index is 0.271. The summed E-state index contributed by atoms with van der Waals surface area (Å²) in [6.07, 6.45) is 9.07. The lowest BCUT2D eigenvalue weighted by atomic mass is 9.99. The van der Waals surface area contributed by atoms with Crippen LogP contribution in [-0.2, 0) is 24.6 Å². The molecule has 2 radical (unpaired) electrons. The van der Waals surface area contributed by atoms with E-state index in [2.05, 4.69) is 15.6 Å². The van der Waals surface area contributed by atoms with Crippen LogP contribution in [0.3, 0.4) is 0 Å². The average molecular weight is 344 g/mol. The Morgan fingerprint density at radius 1 is 1.24 bits per heavy atom. The number of carbonyl (C=O) groups excluding carboxylic acids is 1. The Balaban J connectivity index is 1.32. The zero-order valence-corrected chi connectivity index (χ0v) is 15.2. The second-order valence-electron chi connectivity index (χ2n) is 7.40. The van der Waals surface area contributed by atoms with E-state index in [-0.39, 0.29) is 6.09 Å². The minimum atomic E-state index is -0.271. The van der Waals surface area contributed by atoms with Crippen LogP contribution in [0.5, 0.6) is 0 Å². The zero-order chi connectivity index (χ0) is 17.6. The van der Waals surface area contributed by atoms with Gasteiger partial charge in [-0.2, -0.15) is 0 Å². The van der Waals surface area contributed by atoms with Gasteiger partial charge < -0.3 is 10.1 Å². The molecule has 3 unspecified atom stereocenters. The van der Waals surface area contributed by atoms with Gasteiger partial charge in [-0.15, -0.1) is 5.10 Å². The quantitative estimate of drug-likeness (QED) is 0.581. The van der Waals surface area contributed by atoms with E-state index in [1.807, 2.05) is 11.7 Å².